The van der Waals surface area contributed by atoms with Crippen LogP contribution in [0.15, 0.2) is 64.9 Å². The number of rotatable bonds is 5. The van der Waals surface area contributed by atoms with Gasteiger partial charge >= 0.3 is 0 Å². The third-order valence-electron chi connectivity index (χ3n) is 5.04. The SMILES string of the molecule is CC(C)c1ccc(N2C(=O)[C@H]3N=NN(CC(=O)Nc4ccccc4)[C@@H]3C2=O)cc1. The van der Waals surface area contributed by atoms with Crippen molar-refractivity contribution in [2.24, 2.45) is 10.3 Å². The second-order valence-corrected chi connectivity index (χ2v) is 7.36. The molecule has 29 heavy (non-hydrogen) atoms. The van der Waals surface area contributed by atoms with Gasteiger partial charge in [-0.1, -0.05) is 49.4 Å². The van der Waals surface area contributed by atoms with Crippen molar-refractivity contribution in [3.05, 3.63) is 60.2 Å². The van der Waals surface area contributed by atoms with Crippen LogP contribution in [0.3, 0.4) is 0 Å². The molecule has 2 aromatic carbocycles. The molecular weight excluding hydrogens is 370 g/mol. The monoisotopic (exact) mass is 391 g/mol. The van der Waals surface area contributed by atoms with E-state index in [1.54, 1.807) is 24.3 Å². The lowest BCUT2D eigenvalue weighted by atomic mass is 10.0. The zero-order valence-electron chi connectivity index (χ0n) is 16.1. The zero-order chi connectivity index (χ0) is 20.5. The molecule has 2 aliphatic rings. The van der Waals surface area contributed by atoms with E-state index in [0.29, 0.717) is 17.3 Å². The average molecular weight is 391 g/mol. The second-order valence-electron chi connectivity index (χ2n) is 7.36. The van der Waals surface area contributed by atoms with Crippen LogP contribution >= 0.6 is 0 Å². The fourth-order valence-electron chi connectivity index (χ4n) is 3.49. The van der Waals surface area contributed by atoms with Crippen LogP contribution in [-0.4, -0.2) is 41.4 Å². The standard InChI is InChI=1S/C21H21N5O3/c1-13(2)14-8-10-16(11-9-14)26-20(28)18-19(21(26)29)25(24-23-18)12-17(27)22-15-6-4-3-5-7-15/h3-11,13,18-19H,12H2,1-2H3,(H,22,27)/t18-,19-/m0/s1. The summed E-state index contributed by atoms with van der Waals surface area (Å²) in [6.07, 6.45) is 0. The molecule has 1 N–H and O–H groups in total. The van der Waals surface area contributed by atoms with Crippen molar-refractivity contribution >= 4 is 29.1 Å². The maximum Gasteiger partial charge on any atom is 0.263 e. The lowest BCUT2D eigenvalue weighted by Gasteiger charge is -2.20. The Morgan fingerprint density at radius 2 is 1.72 bits per heavy atom. The van der Waals surface area contributed by atoms with E-state index in [-0.39, 0.29) is 12.5 Å². The number of carbonyl (C=O) groups excluding carboxylic acids is 3. The third kappa shape index (κ3) is 3.49. The van der Waals surface area contributed by atoms with E-state index in [9.17, 15) is 14.4 Å². The first-order valence-electron chi connectivity index (χ1n) is 9.46. The van der Waals surface area contributed by atoms with Crippen LogP contribution in [0.5, 0.6) is 0 Å². The van der Waals surface area contributed by atoms with Gasteiger partial charge in [0.1, 0.15) is 6.54 Å². The Morgan fingerprint density at radius 1 is 1.03 bits per heavy atom. The van der Waals surface area contributed by atoms with Crippen molar-refractivity contribution in [1.82, 2.24) is 5.01 Å². The van der Waals surface area contributed by atoms with Crippen LogP contribution in [0.2, 0.25) is 0 Å². The minimum atomic E-state index is -0.920. The number of para-hydroxylation sites is 1. The quantitative estimate of drug-likeness (QED) is 0.793. The molecule has 8 nitrogen and oxygen atoms in total. The van der Waals surface area contributed by atoms with Crippen molar-refractivity contribution in [1.29, 1.82) is 0 Å². The predicted octanol–water partition coefficient (Wildman–Crippen LogP) is 2.74. The fourth-order valence-corrected chi connectivity index (χ4v) is 3.49. The first-order chi connectivity index (χ1) is 14.0. The summed E-state index contributed by atoms with van der Waals surface area (Å²) in [4.78, 5) is 39.2. The van der Waals surface area contributed by atoms with Crippen LogP contribution in [0.25, 0.3) is 0 Å². The summed E-state index contributed by atoms with van der Waals surface area (Å²) < 4.78 is 0. The van der Waals surface area contributed by atoms with Crippen molar-refractivity contribution in [3.8, 4) is 0 Å². The van der Waals surface area contributed by atoms with E-state index in [1.165, 1.54) is 5.01 Å². The lowest BCUT2D eigenvalue weighted by Crippen LogP contribution is -2.43. The molecule has 0 spiro atoms. The molecule has 0 radical (unpaired) electrons. The summed E-state index contributed by atoms with van der Waals surface area (Å²) in [5.74, 6) is -0.835. The van der Waals surface area contributed by atoms with Crippen LogP contribution < -0.4 is 10.2 Å². The molecule has 2 heterocycles. The van der Waals surface area contributed by atoms with Gasteiger partial charge in [-0.2, -0.15) is 5.11 Å². The molecule has 0 aliphatic carbocycles. The summed E-state index contributed by atoms with van der Waals surface area (Å²) in [5, 5.41) is 11.9. The predicted molar refractivity (Wildman–Crippen MR) is 107 cm³/mol. The molecule has 2 aliphatic heterocycles. The van der Waals surface area contributed by atoms with Crippen molar-refractivity contribution < 1.29 is 14.4 Å². The van der Waals surface area contributed by atoms with E-state index in [2.05, 4.69) is 29.5 Å². The maximum atomic E-state index is 13.0. The molecule has 0 unspecified atom stereocenters. The summed E-state index contributed by atoms with van der Waals surface area (Å²) in [6.45, 7) is 3.98. The molecular formula is C21H21N5O3. The number of nitrogens with one attached hydrogen (secondary N) is 1. The highest BCUT2D eigenvalue weighted by Gasteiger charge is 2.55. The Morgan fingerprint density at radius 3 is 2.38 bits per heavy atom. The number of imide groups is 1. The second kappa shape index (κ2) is 7.46. The Balaban J connectivity index is 1.48. The van der Waals surface area contributed by atoms with E-state index in [4.69, 9.17) is 0 Å². The summed E-state index contributed by atoms with van der Waals surface area (Å²) in [6, 6.07) is 14.5. The van der Waals surface area contributed by atoms with Gasteiger partial charge in [0.25, 0.3) is 11.8 Å². The van der Waals surface area contributed by atoms with Gasteiger partial charge in [-0.05, 0) is 35.7 Å². The zero-order valence-corrected chi connectivity index (χ0v) is 16.1. The van der Waals surface area contributed by atoms with Crippen LogP contribution in [-0.2, 0) is 14.4 Å². The summed E-state index contributed by atoms with van der Waals surface area (Å²) in [5.41, 5.74) is 2.26. The number of hydrogen-bond donors (Lipinski definition) is 1. The van der Waals surface area contributed by atoms with Crippen LogP contribution in [0.4, 0.5) is 11.4 Å². The fraction of sp³-hybridized carbons (Fsp3) is 0.286. The number of benzene rings is 2. The average Bonchev–Trinajstić information content (AvgIpc) is 3.22. The Hall–Kier alpha value is -3.55. The van der Waals surface area contributed by atoms with E-state index in [0.717, 1.165) is 10.5 Å². The van der Waals surface area contributed by atoms with Gasteiger partial charge in [-0.25, -0.2) is 4.90 Å². The normalized spacial score (nSPS) is 20.5. The molecule has 3 amide bonds. The molecule has 0 aromatic heterocycles. The van der Waals surface area contributed by atoms with Gasteiger partial charge in [0.05, 0.1) is 5.69 Å². The lowest BCUT2D eigenvalue weighted by molar-refractivity contribution is -0.123. The maximum absolute atomic E-state index is 13.0. The van der Waals surface area contributed by atoms with Crippen molar-refractivity contribution in [2.45, 2.75) is 31.8 Å². The molecule has 0 saturated carbocycles. The van der Waals surface area contributed by atoms with Gasteiger partial charge in [-0.3, -0.25) is 19.4 Å². The molecule has 4 rings (SSSR count). The van der Waals surface area contributed by atoms with Crippen LogP contribution in [0, 0.1) is 0 Å². The number of hydrogen-bond acceptors (Lipinski definition) is 6. The molecule has 2 aromatic rings. The highest BCUT2D eigenvalue weighted by Crippen LogP contribution is 2.32. The topological polar surface area (TPSA) is 94.4 Å². The van der Waals surface area contributed by atoms with Gasteiger partial charge in [0, 0.05) is 5.69 Å². The minimum absolute atomic E-state index is 0.168. The van der Waals surface area contributed by atoms with Gasteiger partial charge in [0.15, 0.2) is 12.1 Å². The number of fused-ring (bicyclic) bond motifs is 1. The summed E-state index contributed by atoms with van der Waals surface area (Å²) >= 11 is 0. The number of carbonyl (C=O) groups is 3. The van der Waals surface area contributed by atoms with Crippen molar-refractivity contribution in [2.75, 3.05) is 16.8 Å². The first kappa shape index (κ1) is 18.8. The van der Waals surface area contributed by atoms with Gasteiger partial charge in [-0.15, -0.1) is 0 Å². The van der Waals surface area contributed by atoms with E-state index >= 15 is 0 Å². The van der Waals surface area contributed by atoms with E-state index < -0.39 is 23.9 Å². The molecule has 0 bridgehead atoms. The van der Waals surface area contributed by atoms with Gasteiger partial charge < -0.3 is 5.32 Å². The molecule has 2 atom stereocenters. The summed E-state index contributed by atoms with van der Waals surface area (Å²) in [7, 11) is 0. The Labute approximate surface area is 168 Å². The minimum Gasteiger partial charge on any atom is -0.324 e. The van der Waals surface area contributed by atoms with Crippen LogP contribution in [0.1, 0.15) is 25.3 Å². The largest absolute Gasteiger partial charge is 0.324 e. The molecule has 1 saturated heterocycles. The number of nitrogens with zero attached hydrogens (tertiary/aromatic N) is 4. The molecule has 8 heteroatoms. The highest BCUT2D eigenvalue weighted by atomic mass is 16.2. The van der Waals surface area contributed by atoms with E-state index in [1.807, 2.05) is 30.3 Å². The molecule has 148 valence electrons. The highest BCUT2D eigenvalue weighted by molar-refractivity contribution is 6.25. The van der Waals surface area contributed by atoms with Crippen molar-refractivity contribution in [3.63, 3.8) is 0 Å². The first-order valence-corrected chi connectivity index (χ1v) is 9.46. The smallest absolute Gasteiger partial charge is 0.263 e. The Kier molecular flexibility index (Phi) is 4.84. The number of amides is 3. The third-order valence-corrected chi connectivity index (χ3v) is 5.04. The molecule has 1 fully saturated rings. The Bertz CT molecular complexity index is 972. The number of anilines is 2. The van der Waals surface area contributed by atoms with Gasteiger partial charge in [0.2, 0.25) is 5.91 Å².